The molecule has 174 valence electrons. The Morgan fingerprint density at radius 1 is 0.912 bits per heavy atom. The van der Waals surface area contributed by atoms with Gasteiger partial charge in [-0.15, -0.1) is 0 Å². The summed E-state index contributed by atoms with van der Waals surface area (Å²) in [4.78, 5) is 15.7. The second-order valence-electron chi connectivity index (χ2n) is 7.93. The number of sulfonamides is 1. The Morgan fingerprint density at radius 3 is 2.47 bits per heavy atom. The summed E-state index contributed by atoms with van der Waals surface area (Å²) in [7, 11) is -3.83. The van der Waals surface area contributed by atoms with Gasteiger partial charge in [-0.05, 0) is 48.0 Å². The number of fused-ring (bicyclic) bond motifs is 2. The Kier molecular flexibility index (Phi) is 5.85. The normalized spacial score (nSPS) is 13.3. The SMILES string of the molecule is O=C(Cc1c[nH]c2ccccc12)Nc1ccc(NS(=O)(=O)c2ccc3c(c2)OCCCO3)cc1. The van der Waals surface area contributed by atoms with Crippen LogP contribution in [0.1, 0.15) is 12.0 Å². The third-order valence-electron chi connectivity index (χ3n) is 5.48. The lowest BCUT2D eigenvalue weighted by molar-refractivity contribution is -0.115. The fraction of sp³-hybridized carbons (Fsp3) is 0.160. The summed E-state index contributed by atoms with van der Waals surface area (Å²) >= 11 is 0. The first-order valence-corrected chi connectivity index (χ1v) is 12.3. The van der Waals surface area contributed by atoms with Crippen LogP contribution >= 0.6 is 0 Å². The fourth-order valence-corrected chi connectivity index (χ4v) is 4.88. The van der Waals surface area contributed by atoms with Crippen molar-refractivity contribution < 1.29 is 22.7 Å². The number of carbonyl (C=O) groups excluding carboxylic acids is 1. The molecule has 0 atom stereocenters. The number of ether oxygens (including phenoxy) is 2. The molecule has 34 heavy (non-hydrogen) atoms. The molecule has 0 radical (unpaired) electrons. The number of para-hydroxylation sites is 1. The third kappa shape index (κ3) is 4.69. The van der Waals surface area contributed by atoms with Gasteiger partial charge in [-0.3, -0.25) is 9.52 Å². The first kappa shape index (κ1) is 21.8. The van der Waals surface area contributed by atoms with Gasteiger partial charge in [-0.25, -0.2) is 8.42 Å². The van der Waals surface area contributed by atoms with Crippen LogP contribution in [0, 0.1) is 0 Å². The van der Waals surface area contributed by atoms with Gasteiger partial charge in [0.05, 0.1) is 24.5 Å². The maximum Gasteiger partial charge on any atom is 0.262 e. The third-order valence-corrected chi connectivity index (χ3v) is 6.86. The summed E-state index contributed by atoms with van der Waals surface area (Å²) in [6.45, 7) is 0.999. The van der Waals surface area contributed by atoms with E-state index in [9.17, 15) is 13.2 Å². The summed E-state index contributed by atoms with van der Waals surface area (Å²) in [5.74, 6) is 0.781. The van der Waals surface area contributed by atoms with Gasteiger partial charge in [0.25, 0.3) is 10.0 Å². The summed E-state index contributed by atoms with van der Waals surface area (Å²) in [5, 5.41) is 3.86. The summed E-state index contributed by atoms with van der Waals surface area (Å²) in [6.07, 6.45) is 2.80. The van der Waals surface area contributed by atoms with Crippen LogP contribution in [0.3, 0.4) is 0 Å². The van der Waals surface area contributed by atoms with Gasteiger partial charge in [-0.1, -0.05) is 18.2 Å². The number of aromatic amines is 1. The molecule has 0 aliphatic carbocycles. The van der Waals surface area contributed by atoms with Crippen LogP contribution in [0.2, 0.25) is 0 Å². The van der Waals surface area contributed by atoms with E-state index in [-0.39, 0.29) is 17.2 Å². The Labute approximate surface area is 197 Å². The Bertz CT molecular complexity index is 1450. The Hall–Kier alpha value is -3.98. The van der Waals surface area contributed by atoms with E-state index < -0.39 is 10.0 Å². The van der Waals surface area contributed by atoms with Crippen LogP contribution < -0.4 is 19.5 Å². The monoisotopic (exact) mass is 477 g/mol. The topological polar surface area (TPSA) is 110 Å². The van der Waals surface area contributed by atoms with E-state index in [1.165, 1.54) is 12.1 Å². The molecule has 1 aliphatic heterocycles. The number of rotatable bonds is 6. The van der Waals surface area contributed by atoms with Crippen LogP contribution in [-0.4, -0.2) is 32.5 Å². The maximum atomic E-state index is 12.8. The van der Waals surface area contributed by atoms with Gasteiger partial charge in [0.15, 0.2) is 11.5 Å². The summed E-state index contributed by atoms with van der Waals surface area (Å²) in [5.41, 5.74) is 2.84. The number of carbonyl (C=O) groups is 1. The van der Waals surface area contributed by atoms with Crippen molar-refractivity contribution in [3.8, 4) is 11.5 Å². The average Bonchev–Trinajstić information content (AvgIpc) is 3.07. The molecule has 0 unspecified atom stereocenters. The van der Waals surface area contributed by atoms with E-state index in [1.54, 1.807) is 30.3 Å². The van der Waals surface area contributed by atoms with Gasteiger partial charge >= 0.3 is 0 Å². The molecule has 0 fully saturated rings. The van der Waals surface area contributed by atoms with E-state index in [0.29, 0.717) is 36.1 Å². The maximum absolute atomic E-state index is 12.8. The average molecular weight is 478 g/mol. The van der Waals surface area contributed by atoms with Gasteiger partial charge in [-0.2, -0.15) is 0 Å². The molecule has 2 heterocycles. The van der Waals surface area contributed by atoms with Crippen molar-refractivity contribution in [1.82, 2.24) is 4.98 Å². The largest absolute Gasteiger partial charge is 0.490 e. The molecule has 1 amide bonds. The van der Waals surface area contributed by atoms with Crippen LogP contribution in [0.25, 0.3) is 10.9 Å². The van der Waals surface area contributed by atoms with Crippen LogP contribution in [0.5, 0.6) is 11.5 Å². The predicted molar refractivity (Wildman–Crippen MR) is 130 cm³/mol. The van der Waals surface area contributed by atoms with Crippen molar-refractivity contribution >= 4 is 38.2 Å². The second kappa shape index (κ2) is 9.11. The lowest BCUT2D eigenvalue weighted by atomic mass is 10.1. The van der Waals surface area contributed by atoms with Crippen molar-refractivity contribution in [2.24, 2.45) is 0 Å². The minimum absolute atomic E-state index is 0.0767. The molecule has 8 nitrogen and oxygen atoms in total. The van der Waals surface area contributed by atoms with Crippen LogP contribution in [-0.2, 0) is 21.2 Å². The molecule has 3 N–H and O–H groups in total. The van der Waals surface area contributed by atoms with Crippen molar-refractivity contribution in [1.29, 1.82) is 0 Å². The van der Waals surface area contributed by atoms with Crippen molar-refractivity contribution in [2.45, 2.75) is 17.7 Å². The summed E-state index contributed by atoms with van der Waals surface area (Å²) in [6, 6.07) is 18.8. The molecule has 9 heteroatoms. The first-order chi connectivity index (χ1) is 16.5. The number of benzene rings is 3. The molecule has 1 aliphatic rings. The Morgan fingerprint density at radius 2 is 1.65 bits per heavy atom. The van der Waals surface area contributed by atoms with E-state index >= 15 is 0 Å². The molecule has 0 bridgehead atoms. The smallest absolute Gasteiger partial charge is 0.262 e. The van der Waals surface area contributed by atoms with E-state index in [1.807, 2.05) is 30.5 Å². The van der Waals surface area contributed by atoms with E-state index in [4.69, 9.17) is 9.47 Å². The molecule has 1 aromatic heterocycles. The van der Waals surface area contributed by atoms with Gasteiger partial charge < -0.3 is 19.8 Å². The number of amides is 1. The van der Waals surface area contributed by atoms with E-state index in [0.717, 1.165) is 22.9 Å². The number of anilines is 2. The molecule has 4 aromatic rings. The first-order valence-electron chi connectivity index (χ1n) is 10.9. The zero-order valence-electron chi connectivity index (χ0n) is 18.2. The predicted octanol–water partition coefficient (Wildman–Crippen LogP) is 4.31. The zero-order chi connectivity index (χ0) is 23.5. The van der Waals surface area contributed by atoms with E-state index in [2.05, 4.69) is 15.0 Å². The highest BCUT2D eigenvalue weighted by atomic mass is 32.2. The highest BCUT2D eigenvalue weighted by Gasteiger charge is 2.19. The number of nitrogens with one attached hydrogen (secondary N) is 3. The number of aromatic nitrogens is 1. The lowest BCUT2D eigenvalue weighted by Crippen LogP contribution is -2.15. The molecular weight excluding hydrogens is 454 g/mol. The minimum Gasteiger partial charge on any atom is -0.490 e. The minimum atomic E-state index is -3.83. The van der Waals surface area contributed by atoms with Gasteiger partial charge in [0.1, 0.15) is 0 Å². The molecule has 0 spiro atoms. The van der Waals surface area contributed by atoms with Gasteiger partial charge in [0, 0.05) is 41.0 Å². The fourth-order valence-electron chi connectivity index (χ4n) is 3.80. The van der Waals surface area contributed by atoms with Crippen LogP contribution in [0.15, 0.2) is 77.8 Å². The highest BCUT2D eigenvalue weighted by molar-refractivity contribution is 7.92. The molecule has 5 rings (SSSR count). The molecule has 0 saturated heterocycles. The van der Waals surface area contributed by atoms with Crippen molar-refractivity contribution in [3.63, 3.8) is 0 Å². The van der Waals surface area contributed by atoms with Crippen molar-refractivity contribution in [2.75, 3.05) is 23.3 Å². The Balaban J connectivity index is 1.24. The van der Waals surface area contributed by atoms with Crippen molar-refractivity contribution in [3.05, 3.63) is 78.5 Å². The number of hydrogen-bond donors (Lipinski definition) is 3. The quantitative estimate of drug-likeness (QED) is 0.383. The second-order valence-corrected chi connectivity index (χ2v) is 9.61. The summed E-state index contributed by atoms with van der Waals surface area (Å²) < 4.78 is 39.4. The zero-order valence-corrected chi connectivity index (χ0v) is 19.0. The molecular formula is C25H23N3O5S. The molecule has 0 saturated carbocycles. The molecule has 3 aromatic carbocycles. The van der Waals surface area contributed by atoms with Crippen LogP contribution in [0.4, 0.5) is 11.4 Å². The highest BCUT2D eigenvalue weighted by Crippen LogP contribution is 2.32. The van der Waals surface area contributed by atoms with Gasteiger partial charge in [0.2, 0.25) is 5.91 Å². The number of hydrogen-bond acceptors (Lipinski definition) is 5. The number of H-pyrrole nitrogens is 1. The lowest BCUT2D eigenvalue weighted by Gasteiger charge is -2.12. The standard InChI is InChI=1S/C25H23N3O5S/c29-25(14-17-16-26-22-5-2-1-4-21(17)22)27-18-6-8-19(9-7-18)28-34(30,31)20-10-11-23-24(15-20)33-13-3-12-32-23/h1-2,4-11,15-16,26,28H,3,12-14H2,(H,27,29).